The first kappa shape index (κ1) is 32.7. The second-order valence-electron chi connectivity index (χ2n) is 15.3. The summed E-state index contributed by atoms with van der Waals surface area (Å²) in [4.78, 5) is 5.04. The molecule has 0 aliphatic carbocycles. The highest BCUT2D eigenvalue weighted by molar-refractivity contribution is 7.26. The van der Waals surface area contributed by atoms with E-state index in [9.17, 15) is 0 Å². The highest BCUT2D eigenvalue weighted by Crippen LogP contribution is 2.58. The maximum Gasteiger partial charge on any atom is 0.0619 e. The number of anilines is 6. The molecule has 1 aromatic heterocycles. The Labute approximate surface area is 331 Å². The highest BCUT2D eigenvalue weighted by Gasteiger charge is 2.41. The third kappa shape index (κ3) is 4.94. The second-order valence-corrected chi connectivity index (χ2v) is 16.4. The van der Waals surface area contributed by atoms with E-state index in [-0.39, 0.29) is 5.41 Å². The third-order valence-electron chi connectivity index (χ3n) is 11.8. The lowest BCUT2D eigenvalue weighted by atomic mass is 9.72. The van der Waals surface area contributed by atoms with E-state index in [2.05, 4.69) is 218 Å². The molecule has 0 saturated heterocycles. The number of para-hydroxylation sites is 2. The molecular formula is C53H38N2S. The number of rotatable bonds is 5. The molecule has 0 saturated carbocycles. The van der Waals surface area contributed by atoms with Gasteiger partial charge in [0, 0.05) is 59.0 Å². The average Bonchev–Trinajstić information content (AvgIpc) is 3.63. The molecule has 2 nitrogen and oxygen atoms in total. The van der Waals surface area contributed by atoms with Gasteiger partial charge in [0.05, 0.1) is 22.7 Å². The zero-order valence-corrected chi connectivity index (χ0v) is 32.1. The second kappa shape index (κ2) is 12.7. The van der Waals surface area contributed by atoms with Crippen LogP contribution >= 0.6 is 11.3 Å². The molecule has 1 aliphatic rings. The summed E-state index contributed by atoms with van der Waals surface area (Å²) in [6.07, 6.45) is 0. The van der Waals surface area contributed by atoms with Crippen LogP contribution in [-0.2, 0) is 5.41 Å². The van der Waals surface area contributed by atoms with Gasteiger partial charge in [-0.25, -0.2) is 0 Å². The number of fused-ring (bicyclic) bond motifs is 7. The number of hydrogen-bond acceptors (Lipinski definition) is 3. The Kier molecular flexibility index (Phi) is 7.42. The Bertz CT molecular complexity index is 3140. The molecule has 9 aromatic carbocycles. The Hall–Kier alpha value is -6.68. The standard InChI is InChI=1S/C53H38N2S/c1-53(2)45-25-11-12-26-46(45)55(48-28-15-27-47(50(48)53)54(38-19-4-3-5-20-38)39-32-30-35-16-6-7-18-37(35)34-39)51-40-21-9-8-17-36(40)31-33-42(51)44-24-14-23-43-41-22-10-13-29-49(41)56-52(43)44/h3-34H,1-2H3. The van der Waals surface area contributed by atoms with Crippen LogP contribution in [0.3, 0.4) is 0 Å². The maximum atomic E-state index is 2.58. The first-order valence-electron chi connectivity index (χ1n) is 19.4. The van der Waals surface area contributed by atoms with E-state index in [1.165, 1.54) is 86.7 Å². The molecule has 0 amide bonds. The number of thiophene rings is 1. The van der Waals surface area contributed by atoms with Crippen molar-refractivity contribution in [3.05, 3.63) is 205 Å². The molecule has 10 aromatic rings. The van der Waals surface area contributed by atoms with Crippen molar-refractivity contribution in [1.82, 2.24) is 0 Å². The van der Waals surface area contributed by atoms with Gasteiger partial charge in [0.1, 0.15) is 0 Å². The van der Waals surface area contributed by atoms with Gasteiger partial charge in [0.2, 0.25) is 0 Å². The van der Waals surface area contributed by atoms with Crippen LogP contribution in [-0.4, -0.2) is 0 Å². The molecule has 266 valence electrons. The average molecular weight is 735 g/mol. The predicted octanol–water partition coefficient (Wildman–Crippen LogP) is 15.6. The monoisotopic (exact) mass is 734 g/mol. The summed E-state index contributed by atoms with van der Waals surface area (Å²) in [6, 6.07) is 71.5. The fourth-order valence-electron chi connectivity index (χ4n) is 9.24. The normalized spacial score (nSPS) is 13.3. The van der Waals surface area contributed by atoms with Gasteiger partial charge in [-0.15, -0.1) is 11.3 Å². The third-order valence-corrected chi connectivity index (χ3v) is 13.0. The zero-order valence-electron chi connectivity index (χ0n) is 31.3. The molecule has 1 aliphatic heterocycles. The van der Waals surface area contributed by atoms with Crippen molar-refractivity contribution >= 4 is 87.2 Å². The van der Waals surface area contributed by atoms with Crippen molar-refractivity contribution in [3.8, 4) is 11.1 Å². The molecule has 0 bridgehead atoms. The zero-order chi connectivity index (χ0) is 37.4. The molecule has 0 radical (unpaired) electrons. The first-order chi connectivity index (χ1) is 27.6. The summed E-state index contributed by atoms with van der Waals surface area (Å²) in [7, 11) is 0. The predicted molar refractivity (Wildman–Crippen MR) is 241 cm³/mol. The Morgan fingerprint density at radius 3 is 2.00 bits per heavy atom. The van der Waals surface area contributed by atoms with E-state index >= 15 is 0 Å². The Morgan fingerprint density at radius 2 is 1.12 bits per heavy atom. The van der Waals surface area contributed by atoms with Crippen LogP contribution in [0.4, 0.5) is 34.1 Å². The molecule has 0 fully saturated rings. The van der Waals surface area contributed by atoms with Crippen molar-refractivity contribution in [2.45, 2.75) is 19.3 Å². The Balaban J connectivity index is 1.23. The van der Waals surface area contributed by atoms with Crippen LogP contribution in [0.15, 0.2) is 194 Å². The fourth-order valence-corrected chi connectivity index (χ4v) is 10.5. The summed E-state index contributed by atoms with van der Waals surface area (Å²) in [5.41, 5.74) is 11.8. The molecule has 3 heteroatoms. The van der Waals surface area contributed by atoms with Crippen molar-refractivity contribution < 1.29 is 0 Å². The lowest BCUT2D eigenvalue weighted by Gasteiger charge is -2.45. The number of hydrogen-bond donors (Lipinski definition) is 0. The van der Waals surface area contributed by atoms with Crippen LogP contribution in [0.2, 0.25) is 0 Å². The van der Waals surface area contributed by atoms with Crippen LogP contribution in [0.25, 0.3) is 52.8 Å². The van der Waals surface area contributed by atoms with Gasteiger partial charge in [0.15, 0.2) is 0 Å². The summed E-state index contributed by atoms with van der Waals surface area (Å²) in [6.45, 7) is 4.80. The molecule has 56 heavy (non-hydrogen) atoms. The lowest BCUT2D eigenvalue weighted by molar-refractivity contribution is 0.632. The minimum Gasteiger partial charge on any atom is -0.310 e. The quantitative estimate of drug-likeness (QED) is 0.174. The van der Waals surface area contributed by atoms with Crippen molar-refractivity contribution in [2.24, 2.45) is 0 Å². The SMILES string of the molecule is CC1(C)c2ccccc2N(c2c(-c3cccc4c3sc3ccccc34)ccc3ccccc23)c2cccc(N(c3ccccc3)c3ccc4ccccc4c3)c21. The number of nitrogens with zero attached hydrogens (tertiary/aromatic N) is 2. The summed E-state index contributed by atoms with van der Waals surface area (Å²) in [5.74, 6) is 0. The van der Waals surface area contributed by atoms with Gasteiger partial charge in [-0.2, -0.15) is 0 Å². The molecule has 0 N–H and O–H groups in total. The van der Waals surface area contributed by atoms with Gasteiger partial charge >= 0.3 is 0 Å². The number of benzene rings is 9. The molecule has 0 spiro atoms. The van der Waals surface area contributed by atoms with E-state index in [0.29, 0.717) is 0 Å². The first-order valence-corrected chi connectivity index (χ1v) is 20.2. The summed E-state index contributed by atoms with van der Waals surface area (Å²) >= 11 is 1.89. The van der Waals surface area contributed by atoms with Crippen molar-refractivity contribution in [1.29, 1.82) is 0 Å². The minimum atomic E-state index is -0.334. The minimum absolute atomic E-state index is 0.334. The van der Waals surface area contributed by atoms with E-state index in [1.54, 1.807) is 0 Å². The largest absolute Gasteiger partial charge is 0.310 e. The Morgan fingerprint density at radius 1 is 0.464 bits per heavy atom. The van der Waals surface area contributed by atoms with Crippen molar-refractivity contribution in [3.63, 3.8) is 0 Å². The molecular weight excluding hydrogens is 697 g/mol. The van der Waals surface area contributed by atoms with Gasteiger partial charge in [-0.3, -0.25) is 0 Å². The maximum absolute atomic E-state index is 2.58. The molecule has 2 heterocycles. The smallest absolute Gasteiger partial charge is 0.0619 e. The topological polar surface area (TPSA) is 6.48 Å². The van der Waals surface area contributed by atoms with E-state index in [0.717, 1.165) is 11.4 Å². The summed E-state index contributed by atoms with van der Waals surface area (Å²) < 4.78 is 2.63. The van der Waals surface area contributed by atoms with Gasteiger partial charge in [0.25, 0.3) is 0 Å². The van der Waals surface area contributed by atoms with Crippen LogP contribution in [0.5, 0.6) is 0 Å². The molecule has 0 unspecified atom stereocenters. The van der Waals surface area contributed by atoms with Crippen LogP contribution in [0, 0.1) is 0 Å². The summed E-state index contributed by atoms with van der Waals surface area (Å²) in [5, 5.41) is 7.51. The van der Waals surface area contributed by atoms with E-state index in [4.69, 9.17) is 0 Å². The lowest BCUT2D eigenvalue weighted by Crippen LogP contribution is -2.32. The molecule has 11 rings (SSSR count). The van der Waals surface area contributed by atoms with Crippen LogP contribution in [0.1, 0.15) is 25.0 Å². The van der Waals surface area contributed by atoms with Gasteiger partial charge in [-0.1, -0.05) is 159 Å². The molecule has 0 atom stereocenters. The van der Waals surface area contributed by atoms with Gasteiger partial charge in [-0.05, 0) is 70.3 Å². The van der Waals surface area contributed by atoms with E-state index < -0.39 is 0 Å². The van der Waals surface area contributed by atoms with Crippen LogP contribution < -0.4 is 9.80 Å². The van der Waals surface area contributed by atoms with E-state index in [1.807, 2.05) is 11.3 Å². The fraction of sp³-hybridized carbons (Fsp3) is 0.0566. The van der Waals surface area contributed by atoms with Gasteiger partial charge < -0.3 is 9.80 Å². The highest BCUT2D eigenvalue weighted by atomic mass is 32.1. The van der Waals surface area contributed by atoms with Crippen molar-refractivity contribution in [2.75, 3.05) is 9.80 Å².